The molecule has 0 saturated carbocycles. The second-order valence-electron chi connectivity index (χ2n) is 14.2. The summed E-state index contributed by atoms with van der Waals surface area (Å²) < 4.78 is 8.57. The summed E-state index contributed by atoms with van der Waals surface area (Å²) in [7, 11) is 0. The molecule has 1 unspecified atom stereocenters. The average molecular weight is 719 g/mol. The summed E-state index contributed by atoms with van der Waals surface area (Å²) in [5.41, 5.74) is 12.7. The first kappa shape index (κ1) is 32.0. The van der Waals surface area contributed by atoms with Gasteiger partial charge in [-0.3, -0.25) is 0 Å². The van der Waals surface area contributed by atoms with Crippen molar-refractivity contribution in [2.24, 2.45) is 9.98 Å². The summed E-state index contributed by atoms with van der Waals surface area (Å²) in [6, 6.07) is 68.0. The highest BCUT2D eigenvalue weighted by Crippen LogP contribution is 2.39. The molecule has 11 rings (SSSR count). The molecule has 1 aliphatic heterocycles. The number of nitrogens with zero attached hydrogens (tertiary/aromatic N) is 3. The van der Waals surface area contributed by atoms with Gasteiger partial charge in [0.25, 0.3) is 0 Å². The van der Waals surface area contributed by atoms with Crippen LogP contribution < -0.4 is 5.32 Å². The Bertz CT molecular complexity index is 3150. The summed E-state index contributed by atoms with van der Waals surface area (Å²) in [6.07, 6.45) is -0.407. The van der Waals surface area contributed by atoms with E-state index in [1.807, 2.05) is 24.3 Å². The van der Waals surface area contributed by atoms with Crippen LogP contribution in [0, 0.1) is 0 Å². The van der Waals surface area contributed by atoms with Crippen molar-refractivity contribution in [3.8, 4) is 27.9 Å². The van der Waals surface area contributed by atoms with Crippen LogP contribution in [0.25, 0.3) is 71.7 Å². The van der Waals surface area contributed by atoms with E-state index in [0.717, 1.165) is 88.6 Å². The van der Waals surface area contributed by atoms with Crippen molar-refractivity contribution in [2.75, 3.05) is 0 Å². The molecule has 10 aromatic rings. The number of hydrogen-bond acceptors (Lipinski definition) is 4. The number of aliphatic imine (C=N–C) groups is 2. The van der Waals surface area contributed by atoms with Gasteiger partial charge in [0.15, 0.2) is 5.84 Å². The van der Waals surface area contributed by atoms with Gasteiger partial charge in [0.2, 0.25) is 0 Å². The SMILES string of the molecule is c1ccc(-c2ccc(C3=NC(c4cccc(-c5ccccc5)c4)=NC(c4cccc5c4c4ccccc4n5-c4ccc5oc6ccccc6c5c4)N3)cc2)cc1. The first-order chi connectivity index (χ1) is 27.7. The Balaban J connectivity index is 1.08. The van der Waals surface area contributed by atoms with E-state index in [0.29, 0.717) is 5.84 Å². The maximum Gasteiger partial charge on any atom is 0.159 e. The van der Waals surface area contributed by atoms with Crippen molar-refractivity contribution < 1.29 is 4.42 Å². The van der Waals surface area contributed by atoms with Crippen LogP contribution >= 0.6 is 0 Å². The topological polar surface area (TPSA) is 54.8 Å². The summed E-state index contributed by atoms with van der Waals surface area (Å²) in [4.78, 5) is 10.6. The lowest BCUT2D eigenvalue weighted by Gasteiger charge is -2.24. The number of hydrogen-bond donors (Lipinski definition) is 1. The molecule has 0 fully saturated rings. The van der Waals surface area contributed by atoms with E-state index in [1.54, 1.807) is 0 Å². The van der Waals surface area contributed by atoms with E-state index in [4.69, 9.17) is 14.4 Å². The largest absolute Gasteiger partial charge is 0.456 e. The first-order valence-electron chi connectivity index (χ1n) is 18.9. The van der Waals surface area contributed by atoms with Crippen molar-refractivity contribution >= 4 is 55.4 Å². The Morgan fingerprint density at radius 2 is 1.05 bits per heavy atom. The number of furan rings is 1. The van der Waals surface area contributed by atoms with Gasteiger partial charge in [-0.05, 0) is 64.7 Å². The van der Waals surface area contributed by atoms with Crippen LogP contribution in [0.4, 0.5) is 0 Å². The third-order valence-electron chi connectivity index (χ3n) is 10.9. The Morgan fingerprint density at radius 3 is 1.88 bits per heavy atom. The molecule has 0 amide bonds. The first-order valence-corrected chi connectivity index (χ1v) is 18.9. The third kappa shape index (κ3) is 5.40. The van der Waals surface area contributed by atoms with Crippen LogP contribution in [-0.4, -0.2) is 16.2 Å². The summed E-state index contributed by atoms with van der Waals surface area (Å²) in [5, 5.41) is 8.30. The monoisotopic (exact) mass is 718 g/mol. The lowest BCUT2D eigenvalue weighted by molar-refractivity contribution is 0.669. The number of aromatic nitrogens is 1. The van der Waals surface area contributed by atoms with E-state index in [9.17, 15) is 0 Å². The van der Waals surface area contributed by atoms with Gasteiger partial charge in [0.1, 0.15) is 23.2 Å². The number of amidine groups is 2. The lowest BCUT2D eigenvalue weighted by Crippen LogP contribution is -2.33. The molecule has 1 aliphatic rings. The average Bonchev–Trinajstić information content (AvgIpc) is 3.82. The number of para-hydroxylation sites is 2. The van der Waals surface area contributed by atoms with Gasteiger partial charge in [-0.15, -0.1) is 0 Å². The standard InChI is InChI=1S/C51H34N4O/c1-3-13-33(14-4-1)35-25-27-36(28-26-35)49-52-50(38-18-11-17-37(31-38)34-15-5-2-6-16-34)54-51(53-49)42-21-12-23-45-48(42)41-20-7-9-22-44(41)55(45)39-29-30-47-43(32-39)40-19-8-10-24-46(40)56-47/h1-32,51H,(H,52,53,54). The predicted molar refractivity (Wildman–Crippen MR) is 231 cm³/mol. The van der Waals surface area contributed by atoms with Gasteiger partial charge < -0.3 is 14.3 Å². The molecule has 5 heteroatoms. The molecule has 0 saturated heterocycles. The summed E-state index contributed by atoms with van der Waals surface area (Å²) in [6.45, 7) is 0. The normalized spacial score (nSPS) is 14.2. The van der Waals surface area contributed by atoms with E-state index in [-0.39, 0.29) is 0 Å². The van der Waals surface area contributed by atoms with E-state index < -0.39 is 6.17 Å². The van der Waals surface area contributed by atoms with Crippen molar-refractivity contribution in [3.63, 3.8) is 0 Å². The molecule has 1 N–H and O–H groups in total. The van der Waals surface area contributed by atoms with Crippen LogP contribution in [0.15, 0.2) is 209 Å². The number of nitrogens with one attached hydrogen (secondary N) is 1. The van der Waals surface area contributed by atoms with Gasteiger partial charge >= 0.3 is 0 Å². The van der Waals surface area contributed by atoms with Gasteiger partial charge in [-0.2, -0.15) is 0 Å². The zero-order valence-electron chi connectivity index (χ0n) is 30.3. The van der Waals surface area contributed by atoms with Gasteiger partial charge in [0.05, 0.1) is 11.0 Å². The van der Waals surface area contributed by atoms with Gasteiger partial charge in [-0.25, -0.2) is 9.98 Å². The van der Waals surface area contributed by atoms with E-state index in [2.05, 4.69) is 180 Å². The van der Waals surface area contributed by atoms with Crippen LogP contribution in [0.5, 0.6) is 0 Å². The molecule has 2 aromatic heterocycles. The van der Waals surface area contributed by atoms with Crippen LogP contribution in [0.1, 0.15) is 22.9 Å². The molecule has 264 valence electrons. The van der Waals surface area contributed by atoms with Crippen molar-refractivity contribution in [1.82, 2.24) is 9.88 Å². The number of fused-ring (bicyclic) bond motifs is 6. The number of rotatable bonds is 6. The number of benzene rings is 8. The summed E-state index contributed by atoms with van der Waals surface area (Å²) in [5.74, 6) is 1.47. The van der Waals surface area contributed by atoms with Gasteiger partial charge in [0, 0.05) is 43.9 Å². The summed E-state index contributed by atoms with van der Waals surface area (Å²) >= 11 is 0. The molecular formula is C51H34N4O. The van der Waals surface area contributed by atoms with Gasteiger partial charge in [-0.1, -0.05) is 152 Å². The van der Waals surface area contributed by atoms with Crippen LogP contribution in [0.3, 0.4) is 0 Å². The fourth-order valence-electron chi connectivity index (χ4n) is 8.21. The molecule has 3 heterocycles. The Labute approximate surface area is 323 Å². The second-order valence-corrected chi connectivity index (χ2v) is 14.2. The van der Waals surface area contributed by atoms with Crippen molar-refractivity contribution in [1.29, 1.82) is 0 Å². The Kier molecular flexibility index (Phi) is 7.49. The van der Waals surface area contributed by atoms with Crippen molar-refractivity contribution in [2.45, 2.75) is 6.17 Å². The van der Waals surface area contributed by atoms with Crippen LogP contribution in [-0.2, 0) is 0 Å². The second kappa shape index (κ2) is 13.1. The quantitative estimate of drug-likeness (QED) is 0.186. The van der Waals surface area contributed by atoms with Crippen molar-refractivity contribution in [3.05, 3.63) is 211 Å². The lowest BCUT2D eigenvalue weighted by atomic mass is 10.0. The zero-order valence-corrected chi connectivity index (χ0v) is 30.3. The van der Waals surface area contributed by atoms with E-state index in [1.165, 1.54) is 5.56 Å². The minimum Gasteiger partial charge on any atom is -0.456 e. The minimum atomic E-state index is -0.407. The molecular weight excluding hydrogens is 685 g/mol. The van der Waals surface area contributed by atoms with E-state index >= 15 is 0 Å². The fraction of sp³-hybridized carbons (Fsp3) is 0.0196. The maximum atomic E-state index is 6.21. The highest BCUT2D eigenvalue weighted by molar-refractivity contribution is 6.15. The highest BCUT2D eigenvalue weighted by atomic mass is 16.3. The fourth-order valence-corrected chi connectivity index (χ4v) is 8.21. The molecule has 0 spiro atoms. The molecule has 8 aromatic carbocycles. The molecule has 1 atom stereocenters. The molecule has 0 bridgehead atoms. The maximum absolute atomic E-state index is 6.21. The molecule has 56 heavy (non-hydrogen) atoms. The molecule has 5 nitrogen and oxygen atoms in total. The molecule has 0 radical (unpaired) electrons. The molecule has 0 aliphatic carbocycles. The van der Waals surface area contributed by atoms with Crippen LogP contribution in [0.2, 0.25) is 0 Å². The Hall–Kier alpha value is -7.50. The minimum absolute atomic E-state index is 0.407. The smallest absolute Gasteiger partial charge is 0.159 e. The Morgan fingerprint density at radius 1 is 0.446 bits per heavy atom. The third-order valence-corrected chi connectivity index (χ3v) is 10.9. The predicted octanol–water partition coefficient (Wildman–Crippen LogP) is 12.5. The highest BCUT2D eigenvalue weighted by Gasteiger charge is 2.25. The zero-order chi connectivity index (χ0) is 37.0.